The Morgan fingerprint density at radius 1 is 1.36 bits per heavy atom. The average molecular weight is 195 g/mol. The van der Waals surface area contributed by atoms with Crippen molar-refractivity contribution in [3.05, 3.63) is 0 Å². The van der Waals surface area contributed by atoms with E-state index in [9.17, 15) is 4.79 Å². The minimum Gasteiger partial charge on any atom is -0.459 e. The SMILES string of the molecule is CC(C)(C)OC(=O)C1(C#N)CCCC1. The molecule has 0 unspecified atom stereocenters. The molecule has 1 rings (SSSR count). The Balaban J connectivity index is 2.72. The molecule has 0 heterocycles. The van der Waals surface area contributed by atoms with Crippen LogP contribution in [0, 0.1) is 16.7 Å². The van der Waals surface area contributed by atoms with Gasteiger partial charge in [-0.05, 0) is 33.6 Å². The smallest absolute Gasteiger partial charge is 0.327 e. The number of esters is 1. The van der Waals surface area contributed by atoms with Crippen LogP contribution in [0.1, 0.15) is 46.5 Å². The number of hydrogen-bond donors (Lipinski definition) is 0. The van der Waals surface area contributed by atoms with Crippen molar-refractivity contribution in [1.29, 1.82) is 5.26 Å². The van der Waals surface area contributed by atoms with Crippen molar-refractivity contribution in [1.82, 2.24) is 0 Å². The molecule has 1 aliphatic carbocycles. The molecule has 3 nitrogen and oxygen atoms in total. The van der Waals surface area contributed by atoms with Crippen molar-refractivity contribution < 1.29 is 9.53 Å². The second kappa shape index (κ2) is 3.61. The summed E-state index contributed by atoms with van der Waals surface area (Å²) >= 11 is 0. The van der Waals surface area contributed by atoms with Gasteiger partial charge in [0.05, 0.1) is 6.07 Å². The standard InChI is InChI=1S/C11H17NO2/c1-10(2,3)14-9(13)11(8-12)6-4-5-7-11/h4-7H2,1-3H3. The fraction of sp³-hybridized carbons (Fsp3) is 0.818. The van der Waals surface area contributed by atoms with Gasteiger partial charge in [-0.25, -0.2) is 0 Å². The van der Waals surface area contributed by atoms with Gasteiger partial charge in [-0.3, -0.25) is 4.79 Å². The molecule has 1 fully saturated rings. The lowest BCUT2D eigenvalue weighted by Crippen LogP contribution is -2.35. The molecule has 3 heteroatoms. The lowest BCUT2D eigenvalue weighted by molar-refractivity contribution is -0.163. The van der Waals surface area contributed by atoms with Gasteiger partial charge in [0.2, 0.25) is 0 Å². The zero-order chi connectivity index (χ0) is 10.8. The molecule has 0 bridgehead atoms. The van der Waals surface area contributed by atoms with E-state index in [0.717, 1.165) is 12.8 Å². The summed E-state index contributed by atoms with van der Waals surface area (Å²) in [5.41, 5.74) is -1.35. The molecule has 0 N–H and O–H groups in total. The van der Waals surface area contributed by atoms with Crippen molar-refractivity contribution in [2.75, 3.05) is 0 Å². The average Bonchev–Trinajstić information content (AvgIpc) is 2.49. The second-order valence-electron chi connectivity index (χ2n) is 4.90. The lowest BCUT2D eigenvalue weighted by atomic mass is 9.88. The van der Waals surface area contributed by atoms with Crippen LogP contribution in [0.15, 0.2) is 0 Å². The van der Waals surface area contributed by atoms with Gasteiger partial charge in [-0.2, -0.15) is 5.26 Å². The van der Waals surface area contributed by atoms with Gasteiger partial charge in [0, 0.05) is 0 Å². The summed E-state index contributed by atoms with van der Waals surface area (Å²) in [6, 6.07) is 2.13. The topological polar surface area (TPSA) is 50.1 Å². The van der Waals surface area contributed by atoms with E-state index >= 15 is 0 Å². The molecule has 0 atom stereocenters. The van der Waals surface area contributed by atoms with Gasteiger partial charge >= 0.3 is 5.97 Å². The molecule has 78 valence electrons. The van der Waals surface area contributed by atoms with Crippen LogP contribution >= 0.6 is 0 Å². The number of rotatable bonds is 1. The van der Waals surface area contributed by atoms with Gasteiger partial charge < -0.3 is 4.74 Å². The van der Waals surface area contributed by atoms with Gasteiger partial charge in [0.25, 0.3) is 0 Å². The molecule has 0 aromatic heterocycles. The van der Waals surface area contributed by atoms with E-state index in [2.05, 4.69) is 6.07 Å². The Morgan fingerprint density at radius 3 is 2.21 bits per heavy atom. The maximum Gasteiger partial charge on any atom is 0.327 e. The third kappa shape index (κ3) is 2.25. The predicted molar refractivity (Wildman–Crippen MR) is 52.4 cm³/mol. The van der Waals surface area contributed by atoms with E-state index in [-0.39, 0.29) is 5.97 Å². The van der Waals surface area contributed by atoms with E-state index in [1.165, 1.54) is 0 Å². The van der Waals surface area contributed by atoms with Gasteiger partial charge in [0.15, 0.2) is 5.41 Å². The zero-order valence-electron chi connectivity index (χ0n) is 9.09. The number of hydrogen-bond acceptors (Lipinski definition) is 3. The molecular weight excluding hydrogens is 178 g/mol. The molecular formula is C11H17NO2. The normalized spacial score (nSPS) is 20.1. The quantitative estimate of drug-likeness (QED) is 0.604. The Labute approximate surface area is 85.1 Å². The van der Waals surface area contributed by atoms with Crippen molar-refractivity contribution >= 4 is 5.97 Å². The zero-order valence-corrected chi connectivity index (χ0v) is 9.09. The van der Waals surface area contributed by atoms with Crippen molar-refractivity contribution in [3.8, 4) is 6.07 Å². The number of nitrogens with zero attached hydrogens (tertiary/aromatic N) is 1. The minimum atomic E-state index is -0.854. The van der Waals surface area contributed by atoms with Crippen LogP contribution in [0.3, 0.4) is 0 Å². The molecule has 0 amide bonds. The minimum absolute atomic E-state index is 0.343. The fourth-order valence-corrected chi connectivity index (χ4v) is 1.72. The summed E-state index contributed by atoms with van der Waals surface area (Å²) < 4.78 is 5.25. The number of ether oxygens (including phenoxy) is 1. The molecule has 0 aromatic rings. The predicted octanol–water partition coefficient (Wildman–Crippen LogP) is 2.41. The van der Waals surface area contributed by atoms with Crippen molar-refractivity contribution in [2.24, 2.45) is 5.41 Å². The summed E-state index contributed by atoms with van der Waals surface area (Å²) in [5, 5.41) is 9.03. The van der Waals surface area contributed by atoms with Crippen LogP contribution < -0.4 is 0 Å². The van der Waals surface area contributed by atoms with Crippen LogP contribution in [0.2, 0.25) is 0 Å². The lowest BCUT2D eigenvalue weighted by Gasteiger charge is -2.25. The first-order valence-corrected chi connectivity index (χ1v) is 5.04. The highest BCUT2D eigenvalue weighted by Crippen LogP contribution is 2.39. The van der Waals surface area contributed by atoms with Gasteiger partial charge in [-0.1, -0.05) is 12.8 Å². The highest BCUT2D eigenvalue weighted by molar-refractivity contribution is 5.80. The molecule has 0 radical (unpaired) electrons. The summed E-state index contributed by atoms with van der Waals surface area (Å²) in [5.74, 6) is -0.343. The number of carbonyl (C=O) groups excluding carboxylic acids is 1. The Kier molecular flexibility index (Phi) is 2.84. The fourth-order valence-electron chi connectivity index (χ4n) is 1.72. The molecule has 14 heavy (non-hydrogen) atoms. The monoisotopic (exact) mass is 195 g/mol. The number of carbonyl (C=O) groups is 1. The molecule has 1 aliphatic rings. The summed E-state index contributed by atoms with van der Waals surface area (Å²) in [6.45, 7) is 5.47. The van der Waals surface area contributed by atoms with Gasteiger partial charge in [0.1, 0.15) is 5.60 Å². The van der Waals surface area contributed by atoms with Crippen molar-refractivity contribution in [3.63, 3.8) is 0 Å². The van der Waals surface area contributed by atoms with E-state index in [1.54, 1.807) is 0 Å². The maximum atomic E-state index is 11.8. The largest absolute Gasteiger partial charge is 0.459 e. The first kappa shape index (κ1) is 11.0. The van der Waals surface area contributed by atoms with E-state index in [1.807, 2.05) is 20.8 Å². The van der Waals surface area contributed by atoms with E-state index < -0.39 is 11.0 Å². The maximum absolute atomic E-state index is 11.8. The highest BCUT2D eigenvalue weighted by atomic mass is 16.6. The Bertz CT molecular complexity index is 264. The first-order valence-electron chi connectivity index (χ1n) is 5.04. The van der Waals surface area contributed by atoms with Crippen LogP contribution in [-0.2, 0) is 9.53 Å². The highest BCUT2D eigenvalue weighted by Gasteiger charge is 2.44. The van der Waals surface area contributed by atoms with Crippen LogP contribution in [-0.4, -0.2) is 11.6 Å². The van der Waals surface area contributed by atoms with E-state index in [4.69, 9.17) is 10.00 Å². The van der Waals surface area contributed by atoms with Crippen LogP contribution in [0.25, 0.3) is 0 Å². The van der Waals surface area contributed by atoms with E-state index in [0.29, 0.717) is 12.8 Å². The number of nitriles is 1. The Morgan fingerprint density at radius 2 is 1.86 bits per heavy atom. The Hall–Kier alpha value is -1.04. The summed E-state index contributed by atoms with van der Waals surface area (Å²) in [6.07, 6.45) is 3.20. The summed E-state index contributed by atoms with van der Waals surface area (Å²) in [4.78, 5) is 11.8. The third-order valence-electron chi connectivity index (χ3n) is 2.46. The van der Waals surface area contributed by atoms with Crippen LogP contribution in [0.5, 0.6) is 0 Å². The summed E-state index contributed by atoms with van der Waals surface area (Å²) in [7, 11) is 0. The molecule has 0 aromatic carbocycles. The van der Waals surface area contributed by atoms with Crippen molar-refractivity contribution in [2.45, 2.75) is 52.1 Å². The molecule has 0 saturated heterocycles. The van der Waals surface area contributed by atoms with Crippen LogP contribution in [0.4, 0.5) is 0 Å². The van der Waals surface area contributed by atoms with Gasteiger partial charge in [-0.15, -0.1) is 0 Å². The molecule has 0 spiro atoms. The third-order valence-corrected chi connectivity index (χ3v) is 2.46. The molecule has 0 aliphatic heterocycles. The molecule has 1 saturated carbocycles. The first-order chi connectivity index (χ1) is 6.40. The second-order valence-corrected chi connectivity index (χ2v) is 4.90.